The van der Waals surface area contributed by atoms with Crippen LogP contribution < -0.4 is 16.6 Å². The molecule has 1 aliphatic rings. The second-order valence-electron chi connectivity index (χ2n) is 6.18. The molecule has 4 N–H and O–H groups in total. The van der Waals surface area contributed by atoms with Crippen molar-refractivity contribution in [1.29, 1.82) is 0 Å². The van der Waals surface area contributed by atoms with E-state index in [1.807, 2.05) is 0 Å². The summed E-state index contributed by atoms with van der Waals surface area (Å²) in [5.41, 5.74) is 2.31. The van der Waals surface area contributed by atoms with Crippen LogP contribution in [0.2, 0.25) is 0 Å². The van der Waals surface area contributed by atoms with Crippen molar-refractivity contribution in [2.45, 2.75) is 39.2 Å². The number of nitrogens with zero attached hydrogens (tertiary/aromatic N) is 1. The van der Waals surface area contributed by atoms with E-state index in [0.717, 1.165) is 19.3 Å². The number of amides is 1. The van der Waals surface area contributed by atoms with E-state index in [4.69, 9.17) is 5.84 Å². The molecule has 1 aromatic rings. The molecule has 1 atom stereocenters. The number of benzene rings is 1. The second kappa shape index (κ2) is 5.69. The number of nitrogens with one attached hydrogen (secondary N) is 2. The van der Waals surface area contributed by atoms with Crippen LogP contribution in [0, 0.1) is 15.5 Å². The Morgan fingerprint density at radius 2 is 2.19 bits per heavy atom. The van der Waals surface area contributed by atoms with Crippen molar-refractivity contribution in [2.75, 3.05) is 5.43 Å². The molecule has 1 unspecified atom stereocenters. The predicted molar refractivity (Wildman–Crippen MR) is 79.8 cm³/mol. The normalized spacial score (nSPS) is 20.0. The van der Waals surface area contributed by atoms with Crippen LogP contribution >= 0.6 is 0 Å². The molecule has 0 heterocycles. The van der Waals surface area contributed by atoms with Gasteiger partial charge in [-0.05, 0) is 36.8 Å². The maximum Gasteiger partial charge on any atom is 0.306 e. The molecule has 0 spiro atoms. The van der Waals surface area contributed by atoms with Crippen molar-refractivity contribution in [3.8, 4) is 0 Å². The number of nitro groups is 1. The Morgan fingerprint density at radius 3 is 2.71 bits per heavy atom. The SMILES string of the molecule is CC1(C)CCC(NC(=O)c2cccc(NN)c2[N+](=O)[O-])C1. The molecular formula is C14H20N4O3. The number of nitrogen functional groups attached to an aromatic ring is 1. The fourth-order valence-corrected chi connectivity index (χ4v) is 2.86. The zero-order valence-corrected chi connectivity index (χ0v) is 12.2. The van der Waals surface area contributed by atoms with Crippen molar-refractivity contribution in [1.82, 2.24) is 5.32 Å². The predicted octanol–water partition coefficient (Wildman–Crippen LogP) is 2.19. The van der Waals surface area contributed by atoms with Gasteiger partial charge in [0.2, 0.25) is 0 Å². The molecule has 1 amide bonds. The quantitative estimate of drug-likeness (QED) is 0.447. The number of nitro benzene ring substituents is 1. The number of carbonyl (C=O) groups excluding carboxylic acids is 1. The number of nitrogens with two attached hydrogens (primary N) is 1. The molecule has 1 aromatic carbocycles. The molecule has 7 nitrogen and oxygen atoms in total. The van der Waals surface area contributed by atoms with Crippen LogP contribution in [-0.2, 0) is 0 Å². The average Bonchev–Trinajstić information content (AvgIpc) is 2.76. The number of hydrogen-bond donors (Lipinski definition) is 3. The van der Waals surface area contributed by atoms with Crippen molar-refractivity contribution in [3.63, 3.8) is 0 Å². The van der Waals surface area contributed by atoms with Gasteiger partial charge in [-0.3, -0.25) is 20.8 Å². The summed E-state index contributed by atoms with van der Waals surface area (Å²) in [5.74, 6) is 4.84. The van der Waals surface area contributed by atoms with E-state index in [2.05, 4.69) is 24.6 Å². The van der Waals surface area contributed by atoms with E-state index < -0.39 is 10.8 Å². The van der Waals surface area contributed by atoms with Crippen LogP contribution in [0.1, 0.15) is 43.5 Å². The van der Waals surface area contributed by atoms with E-state index in [0.29, 0.717) is 0 Å². The topological polar surface area (TPSA) is 110 Å². The molecule has 0 aromatic heterocycles. The van der Waals surface area contributed by atoms with Gasteiger partial charge in [0.15, 0.2) is 0 Å². The molecule has 0 bridgehead atoms. The summed E-state index contributed by atoms with van der Waals surface area (Å²) < 4.78 is 0. The first kappa shape index (κ1) is 15.2. The Morgan fingerprint density at radius 1 is 1.48 bits per heavy atom. The Balaban J connectivity index is 2.22. The Hall–Kier alpha value is -2.15. The fourth-order valence-electron chi connectivity index (χ4n) is 2.86. The molecule has 7 heteroatoms. The largest absolute Gasteiger partial charge is 0.349 e. The van der Waals surface area contributed by atoms with Gasteiger partial charge in [0, 0.05) is 6.04 Å². The zero-order chi connectivity index (χ0) is 15.6. The van der Waals surface area contributed by atoms with Crippen LogP contribution in [0.5, 0.6) is 0 Å². The highest BCUT2D eigenvalue weighted by Crippen LogP contribution is 2.37. The smallest absolute Gasteiger partial charge is 0.306 e. The average molecular weight is 292 g/mol. The molecule has 0 aliphatic heterocycles. The highest BCUT2D eigenvalue weighted by Gasteiger charge is 2.33. The summed E-state index contributed by atoms with van der Waals surface area (Å²) in [6.07, 6.45) is 2.80. The molecule has 114 valence electrons. The fraction of sp³-hybridized carbons (Fsp3) is 0.500. The summed E-state index contributed by atoms with van der Waals surface area (Å²) in [6, 6.07) is 4.53. The van der Waals surface area contributed by atoms with Crippen LogP contribution in [0.4, 0.5) is 11.4 Å². The van der Waals surface area contributed by atoms with Crippen molar-refractivity contribution in [2.24, 2.45) is 11.3 Å². The molecule has 0 saturated heterocycles. The third-order valence-electron chi connectivity index (χ3n) is 3.92. The number of para-hydroxylation sites is 1. The van der Waals surface area contributed by atoms with Gasteiger partial charge in [-0.25, -0.2) is 0 Å². The zero-order valence-electron chi connectivity index (χ0n) is 12.2. The molecular weight excluding hydrogens is 272 g/mol. The van der Waals surface area contributed by atoms with Gasteiger partial charge >= 0.3 is 5.69 Å². The number of rotatable bonds is 4. The van der Waals surface area contributed by atoms with E-state index in [9.17, 15) is 14.9 Å². The summed E-state index contributed by atoms with van der Waals surface area (Å²) in [4.78, 5) is 22.9. The lowest BCUT2D eigenvalue weighted by atomic mass is 9.92. The Kier molecular flexibility index (Phi) is 4.13. The Bertz CT molecular complexity index is 571. The van der Waals surface area contributed by atoms with Gasteiger partial charge in [-0.2, -0.15) is 0 Å². The number of anilines is 1. The highest BCUT2D eigenvalue weighted by molar-refractivity contribution is 6.00. The molecule has 1 fully saturated rings. The number of hydrazine groups is 1. The van der Waals surface area contributed by atoms with E-state index in [1.54, 1.807) is 6.07 Å². The first-order valence-electron chi connectivity index (χ1n) is 6.89. The first-order chi connectivity index (χ1) is 9.84. The van der Waals surface area contributed by atoms with Crippen molar-refractivity contribution in [3.05, 3.63) is 33.9 Å². The van der Waals surface area contributed by atoms with Gasteiger partial charge in [0.1, 0.15) is 11.3 Å². The third-order valence-corrected chi connectivity index (χ3v) is 3.92. The van der Waals surface area contributed by atoms with E-state index >= 15 is 0 Å². The summed E-state index contributed by atoms with van der Waals surface area (Å²) in [7, 11) is 0. The highest BCUT2D eigenvalue weighted by atomic mass is 16.6. The minimum atomic E-state index is -0.595. The Labute approximate surface area is 123 Å². The van der Waals surface area contributed by atoms with Crippen molar-refractivity contribution < 1.29 is 9.72 Å². The first-order valence-corrected chi connectivity index (χ1v) is 6.89. The maximum atomic E-state index is 12.3. The molecule has 21 heavy (non-hydrogen) atoms. The van der Waals surface area contributed by atoms with Gasteiger partial charge in [-0.15, -0.1) is 0 Å². The van der Waals surface area contributed by atoms with Crippen LogP contribution in [0.25, 0.3) is 0 Å². The monoisotopic (exact) mass is 292 g/mol. The lowest BCUT2D eigenvalue weighted by Crippen LogP contribution is -2.34. The minimum absolute atomic E-state index is 0.0279. The molecule has 2 rings (SSSR count). The minimum Gasteiger partial charge on any atom is -0.349 e. The number of carbonyl (C=O) groups is 1. The van der Waals surface area contributed by atoms with Crippen molar-refractivity contribution >= 4 is 17.3 Å². The summed E-state index contributed by atoms with van der Waals surface area (Å²) in [5, 5.41) is 14.1. The van der Waals surface area contributed by atoms with Gasteiger partial charge in [0.25, 0.3) is 5.91 Å². The molecule has 1 aliphatic carbocycles. The second-order valence-corrected chi connectivity index (χ2v) is 6.18. The van der Waals surface area contributed by atoms with E-state index in [1.165, 1.54) is 12.1 Å². The summed E-state index contributed by atoms with van der Waals surface area (Å²) >= 11 is 0. The van der Waals surface area contributed by atoms with Crippen LogP contribution in [0.3, 0.4) is 0 Å². The lowest BCUT2D eigenvalue weighted by Gasteiger charge is -2.18. The van der Waals surface area contributed by atoms with Gasteiger partial charge < -0.3 is 10.7 Å². The van der Waals surface area contributed by atoms with E-state index in [-0.39, 0.29) is 28.4 Å². The molecule has 0 radical (unpaired) electrons. The lowest BCUT2D eigenvalue weighted by molar-refractivity contribution is -0.384. The van der Waals surface area contributed by atoms with Crippen LogP contribution in [0.15, 0.2) is 18.2 Å². The van der Waals surface area contributed by atoms with Crippen LogP contribution in [-0.4, -0.2) is 16.9 Å². The number of hydrogen-bond acceptors (Lipinski definition) is 5. The third kappa shape index (κ3) is 3.30. The van der Waals surface area contributed by atoms with Gasteiger partial charge in [0.05, 0.1) is 4.92 Å². The van der Waals surface area contributed by atoms with Gasteiger partial charge in [-0.1, -0.05) is 19.9 Å². The molecule has 1 saturated carbocycles. The summed E-state index contributed by atoms with van der Waals surface area (Å²) in [6.45, 7) is 4.31. The standard InChI is InChI=1S/C14H20N4O3/c1-14(2)7-6-9(8-14)16-13(19)10-4-3-5-11(17-15)12(10)18(20)21/h3-5,9,17H,6-8,15H2,1-2H3,(H,16,19). The maximum absolute atomic E-state index is 12.3.